The van der Waals surface area contributed by atoms with Gasteiger partial charge in [0, 0.05) is 22.7 Å². The van der Waals surface area contributed by atoms with Crippen LogP contribution in [0.2, 0.25) is 0 Å². The molecule has 5 rings (SSSR count). The van der Waals surface area contributed by atoms with Crippen LogP contribution in [0.1, 0.15) is 36.8 Å². The Morgan fingerprint density at radius 1 is 1.11 bits per heavy atom. The molecule has 0 spiro atoms. The van der Waals surface area contributed by atoms with E-state index in [-0.39, 0.29) is 24.6 Å². The summed E-state index contributed by atoms with van der Waals surface area (Å²) in [6.07, 6.45) is 3.40. The standard InChI is InChI=1S/C27H27N5O2.ClH/c1-2-27(28)16-24(27)20-11-13-23(14-12-20)32-17-25(30-31-32)21-9-6-10-22(15-21)29-26(33)34-18-19-7-4-3-5-8-19;/h3-15,17,24H,2,16,18,28H2,1H3,(H,29,33);1H/t24-,27-;/m0./s1. The van der Waals surface area contributed by atoms with Crippen LogP contribution in [0.3, 0.4) is 0 Å². The van der Waals surface area contributed by atoms with Gasteiger partial charge in [0.25, 0.3) is 0 Å². The van der Waals surface area contributed by atoms with Crippen molar-refractivity contribution < 1.29 is 9.53 Å². The number of nitrogens with one attached hydrogen (secondary N) is 1. The number of halogens is 1. The van der Waals surface area contributed by atoms with Crippen molar-refractivity contribution in [2.45, 2.75) is 37.8 Å². The summed E-state index contributed by atoms with van der Waals surface area (Å²) >= 11 is 0. The van der Waals surface area contributed by atoms with Gasteiger partial charge in [0.05, 0.1) is 11.9 Å². The molecule has 1 aliphatic carbocycles. The Morgan fingerprint density at radius 3 is 2.60 bits per heavy atom. The van der Waals surface area contributed by atoms with Crippen molar-refractivity contribution in [3.63, 3.8) is 0 Å². The number of anilines is 1. The van der Waals surface area contributed by atoms with Gasteiger partial charge in [0.1, 0.15) is 12.3 Å². The van der Waals surface area contributed by atoms with Crippen molar-refractivity contribution in [2.75, 3.05) is 5.32 Å². The Morgan fingerprint density at radius 2 is 1.89 bits per heavy atom. The lowest BCUT2D eigenvalue weighted by molar-refractivity contribution is 0.155. The number of rotatable bonds is 7. The molecule has 0 saturated heterocycles. The smallest absolute Gasteiger partial charge is 0.411 e. The van der Waals surface area contributed by atoms with Gasteiger partial charge in [-0.25, -0.2) is 9.48 Å². The number of nitrogens with two attached hydrogens (primary N) is 1. The molecule has 0 radical (unpaired) electrons. The van der Waals surface area contributed by atoms with Crippen molar-refractivity contribution in [3.8, 4) is 16.9 Å². The molecule has 1 fully saturated rings. The van der Waals surface area contributed by atoms with E-state index in [0.29, 0.717) is 17.3 Å². The number of nitrogens with zero attached hydrogens (tertiary/aromatic N) is 3. The second-order valence-corrected chi connectivity index (χ2v) is 8.75. The van der Waals surface area contributed by atoms with Crippen molar-refractivity contribution >= 4 is 24.2 Å². The highest BCUT2D eigenvalue weighted by molar-refractivity contribution is 5.86. The number of carbonyl (C=O) groups is 1. The summed E-state index contributed by atoms with van der Waals surface area (Å²) in [6, 6.07) is 25.3. The molecule has 1 aliphatic rings. The first-order valence-electron chi connectivity index (χ1n) is 11.4. The largest absolute Gasteiger partial charge is 0.444 e. The molecule has 1 amide bonds. The number of ether oxygens (including phenoxy) is 1. The molecule has 0 aliphatic heterocycles. The third kappa shape index (κ3) is 5.53. The summed E-state index contributed by atoms with van der Waals surface area (Å²) in [7, 11) is 0. The number of carbonyl (C=O) groups excluding carboxylic acids is 1. The summed E-state index contributed by atoms with van der Waals surface area (Å²) in [6.45, 7) is 2.36. The zero-order valence-electron chi connectivity index (χ0n) is 19.4. The van der Waals surface area contributed by atoms with E-state index in [4.69, 9.17) is 10.5 Å². The van der Waals surface area contributed by atoms with Crippen LogP contribution in [0.5, 0.6) is 0 Å². The third-order valence-electron chi connectivity index (χ3n) is 6.45. The summed E-state index contributed by atoms with van der Waals surface area (Å²) < 4.78 is 7.05. The summed E-state index contributed by atoms with van der Waals surface area (Å²) in [5.41, 5.74) is 11.6. The minimum atomic E-state index is -0.509. The number of hydrogen-bond acceptors (Lipinski definition) is 5. The summed E-state index contributed by atoms with van der Waals surface area (Å²) in [4.78, 5) is 12.2. The highest BCUT2D eigenvalue weighted by atomic mass is 35.5. The van der Waals surface area contributed by atoms with E-state index in [1.165, 1.54) is 5.56 Å². The van der Waals surface area contributed by atoms with Crippen LogP contribution in [-0.4, -0.2) is 26.6 Å². The van der Waals surface area contributed by atoms with Crippen LogP contribution in [0.4, 0.5) is 10.5 Å². The Bertz CT molecular complexity index is 1290. The third-order valence-corrected chi connectivity index (χ3v) is 6.45. The van der Waals surface area contributed by atoms with Gasteiger partial charge in [0.2, 0.25) is 0 Å². The van der Waals surface area contributed by atoms with E-state index in [9.17, 15) is 4.79 Å². The van der Waals surface area contributed by atoms with Crippen LogP contribution in [-0.2, 0) is 11.3 Å². The minimum absolute atomic E-state index is 0. The van der Waals surface area contributed by atoms with E-state index >= 15 is 0 Å². The topological polar surface area (TPSA) is 95.1 Å². The van der Waals surface area contributed by atoms with Crippen LogP contribution in [0.15, 0.2) is 85.1 Å². The first kappa shape index (κ1) is 24.4. The van der Waals surface area contributed by atoms with Gasteiger partial charge in [0.15, 0.2) is 0 Å². The minimum Gasteiger partial charge on any atom is -0.444 e. The lowest BCUT2D eigenvalue weighted by Gasteiger charge is -2.08. The maximum absolute atomic E-state index is 12.2. The average molecular weight is 490 g/mol. The highest BCUT2D eigenvalue weighted by Crippen LogP contribution is 2.51. The van der Waals surface area contributed by atoms with Gasteiger partial charge < -0.3 is 10.5 Å². The Kier molecular flexibility index (Phi) is 7.19. The fraction of sp³-hybridized carbons (Fsp3) is 0.222. The van der Waals surface area contributed by atoms with E-state index in [0.717, 1.165) is 29.7 Å². The van der Waals surface area contributed by atoms with Crippen molar-refractivity contribution in [1.29, 1.82) is 0 Å². The Hall–Kier alpha value is -3.68. The van der Waals surface area contributed by atoms with Crippen LogP contribution in [0.25, 0.3) is 16.9 Å². The van der Waals surface area contributed by atoms with Gasteiger partial charge in [-0.15, -0.1) is 17.5 Å². The molecule has 180 valence electrons. The average Bonchev–Trinajstić information content (AvgIpc) is 3.32. The summed E-state index contributed by atoms with van der Waals surface area (Å²) in [5.74, 6) is 0.437. The zero-order chi connectivity index (χ0) is 23.5. The van der Waals surface area contributed by atoms with E-state index < -0.39 is 6.09 Å². The molecule has 1 saturated carbocycles. The Balaban J connectivity index is 0.00000289. The number of amides is 1. The van der Waals surface area contributed by atoms with Crippen LogP contribution >= 0.6 is 12.4 Å². The van der Waals surface area contributed by atoms with Gasteiger partial charge in [-0.2, -0.15) is 0 Å². The first-order chi connectivity index (χ1) is 16.5. The van der Waals surface area contributed by atoms with Gasteiger partial charge in [-0.05, 0) is 48.2 Å². The maximum Gasteiger partial charge on any atom is 0.411 e. The SMILES string of the molecule is CC[C@]1(N)C[C@H]1c1ccc(-n2cc(-c3cccc(NC(=O)OCc4ccccc4)c3)nn2)cc1.Cl. The number of hydrogen-bond donors (Lipinski definition) is 2. The van der Waals surface area contributed by atoms with E-state index in [1.807, 2.05) is 72.9 Å². The fourth-order valence-corrected chi connectivity index (χ4v) is 4.18. The molecule has 3 aromatic carbocycles. The fourth-order valence-electron chi connectivity index (χ4n) is 4.18. The van der Waals surface area contributed by atoms with E-state index in [1.54, 1.807) is 4.68 Å². The molecule has 0 unspecified atom stereocenters. The Labute approximate surface area is 210 Å². The van der Waals surface area contributed by atoms with Crippen molar-refractivity contribution in [1.82, 2.24) is 15.0 Å². The molecular formula is C27H28ClN5O2. The molecular weight excluding hydrogens is 462 g/mol. The van der Waals surface area contributed by atoms with Gasteiger partial charge >= 0.3 is 6.09 Å². The van der Waals surface area contributed by atoms with Crippen molar-refractivity contribution in [2.24, 2.45) is 5.73 Å². The molecule has 4 aromatic rings. The molecule has 3 N–H and O–H groups in total. The zero-order valence-corrected chi connectivity index (χ0v) is 20.2. The maximum atomic E-state index is 12.2. The predicted molar refractivity (Wildman–Crippen MR) is 139 cm³/mol. The monoisotopic (exact) mass is 489 g/mol. The second kappa shape index (κ2) is 10.3. The molecule has 1 heterocycles. The van der Waals surface area contributed by atoms with E-state index in [2.05, 4.69) is 34.7 Å². The van der Waals surface area contributed by atoms with Crippen LogP contribution < -0.4 is 11.1 Å². The quantitative estimate of drug-likeness (QED) is 0.347. The molecule has 1 aromatic heterocycles. The normalized spacial score (nSPS) is 18.4. The second-order valence-electron chi connectivity index (χ2n) is 8.75. The lowest BCUT2D eigenvalue weighted by atomic mass is 10.0. The lowest BCUT2D eigenvalue weighted by Crippen LogP contribution is -2.22. The van der Waals surface area contributed by atoms with Gasteiger partial charge in [-0.1, -0.05) is 66.7 Å². The molecule has 0 bridgehead atoms. The number of benzene rings is 3. The highest BCUT2D eigenvalue weighted by Gasteiger charge is 2.49. The predicted octanol–water partition coefficient (Wildman–Crippen LogP) is 5.70. The van der Waals surface area contributed by atoms with Gasteiger partial charge in [-0.3, -0.25) is 5.32 Å². The molecule has 8 heteroatoms. The van der Waals surface area contributed by atoms with Crippen LogP contribution in [0, 0.1) is 0 Å². The molecule has 35 heavy (non-hydrogen) atoms. The molecule has 7 nitrogen and oxygen atoms in total. The summed E-state index contributed by atoms with van der Waals surface area (Å²) in [5, 5.41) is 11.4. The number of aromatic nitrogens is 3. The van der Waals surface area contributed by atoms with Crippen molar-refractivity contribution in [3.05, 3.63) is 96.2 Å². The first-order valence-corrected chi connectivity index (χ1v) is 11.4. The molecule has 2 atom stereocenters.